The summed E-state index contributed by atoms with van der Waals surface area (Å²) in [6.07, 6.45) is 3.91. The number of benzene rings is 1. The molecule has 0 aliphatic heterocycles. The summed E-state index contributed by atoms with van der Waals surface area (Å²) in [6, 6.07) is 5.58. The van der Waals surface area contributed by atoms with Crippen LogP contribution in [-0.4, -0.2) is 31.2 Å². The molecule has 4 aromatic rings. The fraction of sp³-hybridized carbons (Fsp3) is 0.318. The van der Waals surface area contributed by atoms with Crippen molar-refractivity contribution >= 4 is 27.9 Å². The SMILES string of the molecule is Cc1ccc(O)c(C)c1-n1c2nc(C)c(OCC3CC3)cc2c2c(N)ncnc21. The molecule has 5 rings (SSSR count). The van der Waals surface area contributed by atoms with Gasteiger partial charge in [0, 0.05) is 10.9 Å². The van der Waals surface area contributed by atoms with Crippen LogP contribution in [0, 0.1) is 26.7 Å². The lowest BCUT2D eigenvalue weighted by Gasteiger charge is -2.15. The van der Waals surface area contributed by atoms with Gasteiger partial charge in [0.1, 0.15) is 29.3 Å². The summed E-state index contributed by atoms with van der Waals surface area (Å²) in [5.74, 6) is 2.03. The summed E-state index contributed by atoms with van der Waals surface area (Å²) in [7, 11) is 0. The zero-order chi connectivity index (χ0) is 20.3. The Balaban J connectivity index is 1.85. The number of aryl methyl sites for hydroxylation is 2. The van der Waals surface area contributed by atoms with E-state index in [1.54, 1.807) is 6.07 Å². The number of aromatic nitrogens is 4. The number of phenolic OH excluding ortho intramolecular Hbond substituents is 1. The maximum Gasteiger partial charge on any atom is 0.152 e. The molecule has 148 valence electrons. The summed E-state index contributed by atoms with van der Waals surface area (Å²) < 4.78 is 8.01. The van der Waals surface area contributed by atoms with Crippen molar-refractivity contribution in [2.75, 3.05) is 12.3 Å². The minimum absolute atomic E-state index is 0.226. The van der Waals surface area contributed by atoms with Gasteiger partial charge in [0.15, 0.2) is 5.65 Å². The lowest BCUT2D eigenvalue weighted by molar-refractivity contribution is 0.297. The number of hydrogen-bond acceptors (Lipinski definition) is 6. The van der Waals surface area contributed by atoms with Gasteiger partial charge in [0.25, 0.3) is 0 Å². The Labute approximate surface area is 168 Å². The Hall–Kier alpha value is -3.35. The third-order valence-electron chi connectivity index (χ3n) is 5.70. The van der Waals surface area contributed by atoms with Gasteiger partial charge in [0.2, 0.25) is 0 Å². The molecule has 3 heterocycles. The van der Waals surface area contributed by atoms with Crippen LogP contribution in [-0.2, 0) is 0 Å². The molecule has 0 bridgehead atoms. The molecule has 7 heteroatoms. The van der Waals surface area contributed by atoms with Crippen LogP contribution in [0.5, 0.6) is 11.5 Å². The van der Waals surface area contributed by atoms with Crippen LogP contribution in [0.15, 0.2) is 24.5 Å². The van der Waals surface area contributed by atoms with Crippen molar-refractivity contribution in [1.82, 2.24) is 19.5 Å². The number of ether oxygens (including phenoxy) is 1. The van der Waals surface area contributed by atoms with E-state index < -0.39 is 0 Å². The van der Waals surface area contributed by atoms with Gasteiger partial charge in [0.05, 0.1) is 23.4 Å². The van der Waals surface area contributed by atoms with Crippen LogP contribution in [0.3, 0.4) is 0 Å². The highest BCUT2D eigenvalue weighted by molar-refractivity contribution is 6.11. The van der Waals surface area contributed by atoms with E-state index in [0.29, 0.717) is 24.0 Å². The number of phenols is 1. The van der Waals surface area contributed by atoms with Gasteiger partial charge in [-0.05, 0) is 57.2 Å². The van der Waals surface area contributed by atoms with E-state index in [9.17, 15) is 5.11 Å². The first-order valence-corrected chi connectivity index (χ1v) is 9.80. The smallest absolute Gasteiger partial charge is 0.152 e. The minimum atomic E-state index is 0.226. The van der Waals surface area contributed by atoms with Crippen LogP contribution in [0.1, 0.15) is 29.7 Å². The standard InChI is InChI=1S/C22H23N5O2/c1-11-4-7-16(28)12(2)19(11)27-21-15(18-20(23)24-10-25-22(18)27)8-17(13(3)26-21)29-9-14-5-6-14/h4,7-8,10,14,28H,5-6,9H2,1-3H3,(H2,23,24,25). The lowest BCUT2D eigenvalue weighted by atomic mass is 10.1. The van der Waals surface area contributed by atoms with E-state index in [2.05, 4.69) is 9.97 Å². The third kappa shape index (κ3) is 2.76. The highest BCUT2D eigenvalue weighted by atomic mass is 16.5. The number of hydrogen-bond donors (Lipinski definition) is 2. The molecular formula is C22H23N5O2. The van der Waals surface area contributed by atoms with Crippen LogP contribution in [0.4, 0.5) is 5.82 Å². The summed E-state index contributed by atoms with van der Waals surface area (Å²) in [4.78, 5) is 13.6. The number of rotatable bonds is 4. The number of nitrogens with two attached hydrogens (primary N) is 1. The summed E-state index contributed by atoms with van der Waals surface area (Å²) in [5, 5.41) is 11.9. The van der Waals surface area contributed by atoms with Crippen molar-refractivity contribution in [3.05, 3.63) is 41.3 Å². The van der Waals surface area contributed by atoms with Gasteiger partial charge in [-0.15, -0.1) is 0 Å². The summed E-state index contributed by atoms with van der Waals surface area (Å²) in [6.45, 7) is 6.55. The second kappa shape index (κ2) is 6.34. The number of pyridine rings is 1. The van der Waals surface area contributed by atoms with Crippen molar-refractivity contribution in [2.24, 2.45) is 5.92 Å². The van der Waals surface area contributed by atoms with Gasteiger partial charge < -0.3 is 15.6 Å². The number of anilines is 1. The van der Waals surface area contributed by atoms with Crippen molar-refractivity contribution < 1.29 is 9.84 Å². The predicted octanol–water partition coefficient (Wildman–Crippen LogP) is 3.97. The molecule has 0 radical (unpaired) electrons. The van der Waals surface area contributed by atoms with Crippen LogP contribution in [0.25, 0.3) is 27.8 Å². The minimum Gasteiger partial charge on any atom is -0.508 e. The number of nitrogen functional groups attached to an aromatic ring is 1. The van der Waals surface area contributed by atoms with E-state index in [-0.39, 0.29) is 5.75 Å². The molecule has 1 aliphatic rings. The molecule has 1 aromatic carbocycles. The van der Waals surface area contributed by atoms with E-state index in [1.807, 2.05) is 37.5 Å². The monoisotopic (exact) mass is 389 g/mol. The molecule has 7 nitrogen and oxygen atoms in total. The molecule has 0 atom stereocenters. The highest BCUT2D eigenvalue weighted by Gasteiger charge is 2.24. The normalized spacial score (nSPS) is 14.0. The lowest BCUT2D eigenvalue weighted by Crippen LogP contribution is -2.05. The van der Waals surface area contributed by atoms with Gasteiger partial charge in [-0.1, -0.05) is 6.07 Å². The predicted molar refractivity (Wildman–Crippen MR) is 113 cm³/mol. The van der Waals surface area contributed by atoms with Gasteiger partial charge in [-0.3, -0.25) is 4.57 Å². The first kappa shape index (κ1) is 17.7. The quantitative estimate of drug-likeness (QED) is 0.548. The van der Waals surface area contributed by atoms with Crippen molar-refractivity contribution in [3.8, 4) is 17.2 Å². The Bertz CT molecular complexity index is 1270. The molecule has 0 spiro atoms. The fourth-order valence-electron chi connectivity index (χ4n) is 3.87. The van der Waals surface area contributed by atoms with Crippen molar-refractivity contribution in [2.45, 2.75) is 33.6 Å². The fourth-order valence-corrected chi connectivity index (χ4v) is 3.87. The van der Waals surface area contributed by atoms with E-state index in [1.165, 1.54) is 19.2 Å². The third-order valence-corrected chi connectivity index (χ3v) is 5.70. The maximum absolute atomic E-state index is 10.3. The van der Waals surface area contributed by atoms with Gasteiger partial charge in [-0.25, -0.2) is 15.0 Å². The first-order valence-electron chi connectivity index (χ1n) is 9.80. The topological polar surface area (TPSA) is 99.1 Å². The largest absolute Gasteiger partial charge is 0.508 e. The molecule has 29 heavy (non-hydrogen) atoms. The summed E-state index contributed by atoms with van der Waals surface area (Å²) >= 11 is 0. The molecule has 0 saturated heterocycles. The zero-order valence-electron chi connectivity index (χ0n) is 16.7. The molecule has 0 unspecified atom stereocenters. The van der Waals surface area contributed by atoms with Crippen LogP contribution in [0.2, 0.25) is 0 Å². The van der Waals surface area contributed by atoms with Crippen LogP contribution < -0.4 is 10.5 Å². The van der Waals surface area contributed by atoms with E-state index >= 15 is 0 Å². The number of aromatic hydroxyl groups is 1. The molecule has 1 saturated carbocycles. The Morgan fingerprint density at radius 1 is 1.17 bits per heavy atom. The molecule has 3 aromatic heterocycles. The Morgan fingerprint density at radius 2 is 1.97 bits per heavy atom. The van der Waals surface area contributed by atoms with E-state index in [0.717, 1.165) is 44.7 Å². The number of fused-ring (bicyclic) bond motifs is 3. The zero-order valence-corrected chi connectivity index (χ0v) is 16.7. The molecule has 3 N–H and O–H groups in total. The van der Waals surface area contributed by atoms with Crippen LogP contribution >= 0.6 is 0 Å². The second-order valence-corrected chi connectivity index (χ2v) is 7.87. The Kier molecular flexibility index (Phi) is 3.87. The second-order valence-electron chi connectivity index (χ2n) is 7.87. The van der Waals surface area contributed by atoms with Crippen molar-refractivity contribution in [1.29, 1.82) is 0 Å². The van der Waals surface area contributed by atoms with E-state index in [4.69, 9.17) is 15.5 Å². The average Bonchev–Trinajstić information content (AvgIpc) is 3.47. The molecule has 1 fully saturated rings. The summed E-state index contributed by atoms with van der Waals surface area (Å²) in [5.41, 5.74) is 11.1. The Morgan fingerprint density at radius 3 is 2.72 bits per heavy atom. The number of nitrogens with zero attached hydrogens (tertiary/aromatic N) is 4. The van der Waals surface area contributed by atoms with Gasteiger partial charge >= 0.3 is 0 Å². The molecular weight excluding hydrogens is 366 g/mol. The molecule has 1 aliphatic carbocycles. The highest BCUT2D eigenvalue weighted by Crippen LogP contribution is 2.38. The molecule has 0 amide bonds. The van der Waals surface area contributed by atoms with Gasteiger partial charge in [-0.2, -0.15) is 0 Å². The average molecular weight is 389 g/mol. The maximum atomic E-state index is 10.3. The van der Waals surface area contributed by atoms with Crippen molar-refractivity contribution in [3.63, 3.8) is 0 Å². The first-order chi connectivity index (χ1) is 14.0.